The first kappa shape index (κ1) is 11.2. The fourth-order valence-electron chi connectivity index (χ4n) is 1.81. The Bertz CT molecular complexity index is 366. The van der Waals surface area contributed by atoms with Gasteiger partial charge in [0.2, 0.25) is 5.28 Å². The molecule has 0 saturated carbocycles. The molecule has 84 valence electrons. The molecule has 1 aliphatic heterocycles. The van der Waals surface area contributed by atoms with E-state index in [4.69, 9.17) is 23.2 Å². The van der Waals surface area contributed by atoms with Gasteiger partial charge in [0.1, 0.15) is 0 Å². The lowest BCUT2D eigenvalue weighted by Crippen LogP contribution is -2.22. The summed E-state index contributed by atoms with van der Waals surface area (Å²) in [7, 11) is 1.84. The van der Waals surface area contributed by atoms with Crippen molar-refractivity contribution in [3.8, 4) is 0 Å². The molecule has 0 aromatic carbocycles. The molecule has 0 bridgehead atoms. The third-order valence-corrected chi connectivity index (χ3v) is 3.37. The number of imidazole rings is 1. The average Bonchev–Trinajstić information content (AvgIpc) is 2.67. The molecular formula is C9H13Cl2N3O. The van der Waals surface area contributed by atoms with E-state index in [1.807, 2.05) is 7.05 Å². The van der Waals surface area contributed by atoms with Crippen molar-refractivity contribution >= 4 is 23.2 Å². The summed E-state index contributed by atoms with van der Waals surface area (Å²) in [6, 6.07) is 0. The largest absolute Gasteiger partial charge is 0.392 e. The number of rotatable bonds is 2. The number of nitrogens with zero attached hydrogens (tertiary/aromatic N) is 3. The lowest BCUT2D eigenvalue weighted by atomic mass is 10.3. The van der Waals surface area contributed by atoms with Crippen LogP contribution in [0.15, 0.2) is 0 Å². The fourth-order valence-corrected chi connectivity index (χ4v) is 2.31. The summed E-state index contributed by atoms with van der Waals surface area (Å²) < 4.78 is 1.77. The summed E-state index contributed by atoms with van der Waals surface area (Å²) in [5.41, 5.74) is 0.899. The van der Waals surface area contributed by atoms with Crippen molar-refractivity contribution in [2.75, 3.05) is 13.1 Å². The monoisotopic (exact) mass is 249 g/mol. The molecule has 1 N–H and O–H groups in total. The van der Waals surface area contributed by atoms with Crippen molar-refractivity contribution in [3.63, 3.8) is 0 Å². The maximum absolute atomic E-state index is 9.40. The molecule has 1 aromatic rings. The van der Waals surface area contributed by atoms with Gasteiger partial charge in [-0.3, -0.25) is 4.90 Å². The number of likely N-dealkylation sites (tertiary alicyclic amines) is 1. The van der Waals surface area contributed by atoms with Crippen LogP contribution in [0, 0.1) is 0 Å². The predicted octanol–water partition coefficient (Wildman–Crippen LogP) is 1.29. The second-order valence-corrected chi connectivity index (χ2v) is 4.55. The topological polar surface area (TPSA) is 41.3 Å². The molecule has 1 aromatic heterocycles. The number of hydrogen-bond donors (Lipinski definition) is 1. The normalized spacial score (nSPS) is 22.5. The molecule has 1 fully saturated rings. The highest BCUT2D eigenvalue weighted by Gasteiger charge is 2.22. The smallest absolute Gasteiger partial charge is 0.204 e. The van der Waals surface area contributed by atoms with Crippen LogP contribution in [0.5, 0.6) is 0 Å². The molecular weight excluding hydrogens is 237 g/mol. The first-order valence-electron chi connectivity index (χ1n) is 4.85. The van der Waals surface area contributed by atoms with Crippen LogP contribution >= 0.6 is 23.2 Å². The highest BCUT2D eigenvalue weighted by molar-refractivity contribution is 6.32. The summed E-state index contributed by atoms with van der Waals surface area (Å²) in [5.74, 6) is 0. The zero-order valence-corrected chi connectivity index (χ0v) is 9.96. The van der Waals surface area contributed by atoms with Crippen LogP contribution in [0.4, 0.5) is 0 Å². The van der Waals surface area contributed by atoms with E-state index in [-0.39, 0.29) is 6.10 Å². The first-order chi connectivity index (χ1) is 7.08. The van der Waals surface area contributed by atoms with Crippen molar-refractivity contribution in [2.24, 2.45) is 7.05 Å². The Morgan fingerprint density at radius 3 is 2.73 bits per heavy atom. The van der Waals surface area contributed by atoms with Gasteiger partial charge < -0.3 is 9.67 Å². The van der Waals surface area contributed by atoms with Gasteiger partial charge in [0.15, 0.2) is 5.15 Å². The second kappa shape index (κ2) is 4.29. The Morgan fingerprint density at radius 2 is 2.27 bits per heavy atom. The van der Waals surface area contributed by atoms with E-state index in [1.165, 1.54) is 0 Å². The molecule has 2 rings (SSSR count). The van der Waals surface area contributed by atoms with Gasteiger partial charge in [0.25, 0.3) is 0 Å². The summed E-state index contributed by atoms with van der Waals surface area (Å²) >= 11 is 11.8. The van der Waals surface area contributed by atoms with Crippen molar-refractivity contribution in [3.05, 3.63) is 16.1 Å². The standard InChI is InChI=1S/C9H13Cl2N3O/c1-13-7(8(10)12-9(13)11)5-14-3-2-6(15)4-14/h6,15H,2-5H2,1H3/t6-/m0/s1. The van der Waals surface area contributed by atoms with Gasteiger partial charge in [0.05, 0.1) is 11.8 Å². The minimum atomic E-state index is -0.215. The molecule has 1 aliphatic rings. The zero-order chi connectivity index (χ0) is 11.0. The molecule has 4 nitrogen and oxygen atoms in total. The van der Waals surface area contributed by atoms with Gasteiger partial charge in [0, 0.05) is 26.7 Å². The Labute approximate surface area is 98.4 Å². The first-order valence-corrected chi connectivity index (χ1v) is 5.60. The van der Waals surface area contributed by atoms with E-state index in [0.717, 1.165) is 18.7 Å². The molecule has 0 unspecified atom stereocenters. The van der Waals surface area contributed by atoms with Crippen molar-refractivity contribution < 1.29 is 5.11 Å². The van der Waals surface area contributed by atoms with E-state index < -0.39 is 0 Å². The van der Waals surface area contributed by atoms with Crippen LogP contribution in [-0.2, 0) is 13.6 Å². The highest BCUT2D eigenvalue weighted by atomic mass is 35.5. The van der Waals surface area contributed by atoms with Gasteiger partial charge >= 0.3 is 0 Å². The van der Waals surface area contributed by atoms with Crippen molar-refractivity contribution in [1.29, 1.82) is 0 Å². The molecule has 15 heavy (non-hydrogen) atoms. The lowest BCUT2D eigenvalue weighted by Gasteiger charge is -2.15. The number of halogens is 2. The number of β-amino-alcohol motifs (C(OH)–C–C–N with tert-alkyl or cyclic N) is 1. The molecule has 0 aliphatic carbocycles. The minimum absolute atomic E-state index is 0.215. The third-order valence-electron chi connectivity index (χ3n) is 2.73. The van der Waals surface area contributed by atoms with Crippen LogP contribution in [0.3, 0.4) is 0 Å². The van der Waals surface area contributed by atoms with Crippen LogP contribution in [0.2, 0.25) is 10.4 Å². The van der Waals surface area contributed by atoms with Crippen LogP contribution in [0.25, 0.3) is 0 Å². The van der Waals surface area contributed by atoms with E-state index in [1.54, 1.807) is 4.57 Å². The van der Waals surface area contributed by atoms with Crippen LogP contribution in [0.1, 0.15) is 12.1 Å². The second-order valence-electron chi connectivity index (χ2n) is 3.85. The maximum atomic E-state index is 9.40. The van der Waals surface area contributed by atoms with Crippen LogP contribution in [-0.4, -0.2) is 38.8 Å². The summed E-state index contributed by atoms with van der Waals surface area (Å²) in [6.07, 6.45) is 0.607. The van der Waals surface area contributed by atoms with E-state index in [2.05, 4.69) is 9.88 Å². The number of hydrogen-bond acceptors (Lipinski definition) is 3. The Balaban J connectivity index is 2.10. The Kier molecular flexibility index (Phi) is 3.21. The molecule has 1 saturated heterocycles. The van der Waals surface area contributed by atoms with Crippen LogP contribution < -0.4 is 0 Å². The summed E-state index contributed by atoms with van der Waals surface area (Å²) in [4.78, 5) is 6.12. The van der Waals surface area contributed by atoms with E-state index in [9.17, 15) is 5.11 Å². The SMILES string of the molecule is Cn1c(Cl)nc(Cl)c1CN1CC[C@H](O)C1. The molecule has 0 amide bonds. The molecule has 0 radical (unpaired) electrons. The van der Waals surface area contributed by atoms with Crippen molar-refractivity contribution in [1.82, 2.24) is 14.5 Å². The lowest BCUT2D eigenvalue weighted by molar-refractivity contribution is 0.174. The molecule has 6 heteroatoms. The predicted molar refractivity (Wildman–Crippen MR) is 59.1 cm³/mol. The van der Waals surface area contributed by atoms with Gasteiger partial charge in [-0.2, -0.15) is 0 Å². The van der Waals surface area contributed by atoms with E-state index >= 15 is 0 Å². The van der Waals surface area contributed by atoms with Crippen molar-refractivity contribution in [2.45, 2.75) is 19.1 Å². The Morgan fingerprint density at radius 1 is 1.53 bits per heavy atom. The summed E-state index contributed by atoms with van der Waals surface area (Å²) in [6.45, 7) is 2.27. The molecule has 2 heterocycles. The average molecular weight is 250 g/mol. The number of aliphatic hydroxyl groups is 1. The summed E-state index contributed by atoms with van der Waals surface area (Å²) in [5, 5.41) is 10.2. The molecule has 0 spiro atoms. The quantitative estimate of drug-likeness (QED) is 0.860. The van der Waals surface area contributed by atoms with Gasteiger partial charge in [-0.1, -0.05) is 11.6 Å². The van der Waals surface area contributed by atoms with Gasteiger partial charge in [-0.05, 0) is 18.0 Å². The third kappa shape index (κ3) is 2.28. The van der Waals surface area contributed by atoms with Gasteiger partial charge in [-0.15, -0.1) is 0 Å². The van der Waals surface area contributed by atoms with Gasteiger partial charge in [-0.25, -0.2) is 4.98 Å². The minimum Gasteiger partial charge on any atom is -0.392 e. The Hall–Kier alpha value is -0.290. The zero-order valence-electron chi connectivity index (χ0n) is 8.45. The van der Waals surface area contributed by atoms with E-state index in [0.29, 0.717) is 23.5 Å². The maximum Gasteiger partial charge on any atom is 0.204 e. The highest BCUT2D eigenvalue weighted by Crippen LogP contribution is 2.22. The fraction of sp³-hybridized carbons (Fsp3) is 0.667. The molecule has 1 atom stereocenters. The number of aromatic nitrogens is 2. The number of aliphatic hydroxyl groups excluding tert-OH is 1.